The lowest BCUT2D eigenvalue weighted by atomic mass is 10.1. The Bertz CT molecular complexity index is 1110. The first-order valence-corrected chi connectivity index (χ1v) is 11.7. The van der Waals surface area contributed by atoms with Crippen LogP contribution in [0.2, 0.25) is 0 Å². The van der Waals surface area contributed by atoms with E-state index in [9.17, 15) is 4.79 Å². The average molecular weight is 451 g/mol. The van der Waals surface area contributed by atoms with Crippen molar-refractivity contribution >= 4 is 40.5 Å². The molecule has 0 unspecified atom stereocenters. The van der Waals surface area contributed by atoms with Crippen molar-refractivity contribution in [2.75, 3.05) is 31.8 Å². The van der Waals surface area contributed by atoms with Crippen LogP contribution < -0.4 is 14.8 Å². The van der Waals surface area contributed by atoms with Crippen molar-refractivity contribution in [1.29, 1.82) is 0 Å². The zero-order valence-electron chi connectivity index (χ0n) is 18.2. The molecule has 0 radical (unpaired) electrons. The van der Waals surface area contributed by atoms with Crippen LogP contribution in [0.25, 0.3) is 10.9 Å². The maximum absolute atomic E-state index is 10.5. The van der Waals surface area contributed by atoms with Gasteiger partial charge >= 0.3 is 0 Å². The standard InChI is InChI=1S/C24H26N4O3S/c1-30-22-15-21-20(14-23(22)31-18-7-10-28(11-8-18)9-4-12-29)24(26-16-25-21)27-17-5-3-6-19(13-17)32-2/h3-6,9,12-16,18H,7-8,10-11H2,1-2H3,(H,25,26,27). The Morgan fingerprint density at radius 3 is 2.75 bits per heavy atom. The number of benzene rings is 2. The summed E-state index contributed by atoms with van der Waals surface area (Å²) in [5, 5.41) is 4.28. The molecule has 32 heavy (non-hydrogen) atoms. The van der Waals surface area contributed by atoms with E-state index in [1.165, 1.54) is 11.0 Å². The number of aldehydes is 1. The third kappa shape index (κ3) is 5.13. The SMILES string of the molecule is COc1cc2ncnc(Nc3cccc(SC)c3)c2cc1OC1CCN(C=CC=O)CC1. The number of carbonyl (C=O) groups excluding carboxylic acids is 1. The summed E-state index contributed by atoms with van der Waals surface area (Å²) in [6, 6.07) is 12.0. The summed E-state index contributed by atoms with van der Waals surface area (Å²) in [4.78, 5) is 22.7. The lowest BCUT2D eigenvalue weighted by Gasteiger charge is -2.31. The normalized spacial score (nSPS) is 14.6. The summed E-state index contributed by atoms with van der Waals surface area (Å²) in [5.74, 6) is 2.04. The molecule has 1 N–H and O–H groups in total. The third-order valence-corrected chi connectivity index (χ3v) is 6.12. The van der Waals surface area contributed by atoms with Crippen LogP contribution in [0.5, 0.6) is 11.5 Å². The summed E-state index contributed by atoms with van der Waals surface area (Å²) in [6.45, 7) is 1.68. The number of hydrogen-bond acceptors (Lipinski definition) is 8. The van der Waals surface area contributed by atoms with Crippen molar-refractivity contribution in [2.45, 2.75) is 23.8 Å². The molecule has 1 aliphatic rings. The van der Waals surface area contributed by atoms with E-state index in [2.05, 4.69) is 38.6 Å². The van der Waals surface area contributed by atoms with Gasteiger partial charge in [0.1, 0.15) is 24.5 Å². The van der Waals surface area contributed by atoms with E-state index in [-0.39, 0.29) is 6.10 Å². The molecular weight excluding hydrogens is 424 g/mol. The number of fused-ring (bicyclic) bond motifs is 1. The van der Waals surface area contributed by atoms with Gasteiger partial charge in [0, 0.05) is 54.2 Å². The minimum Gasteiger partial charge on any atom is -0.493 e. The molecule has 1 aromatic heterocycles. The summed E-state index contributed by atoms with van der Waals surface area (Å²) in [5.41, 5.74) is 1.74. The zero-order valence-corrected chi connectivity index (χ0v) is 19.0. The van der Waals surface area contributed by atoms with Crippen LogP contribution in [0.1, 0.15) is 12.8 Å². The fourth-order valence-electron chi connectivity index (χ4n) is 3.73. The predicted octanol–water partition coefficient (Wildman–Crippen LogP) is 4.66. The van der Waals surface area contributed by atoms with E-state index in [0.717, 1.165) is 54.6 Å². The van der Waals surface area contributed by atoms with E-state index in [4.69, 9.17) is 9.47 Å². The first kappa shape index (κ1) is 22.0. The summed E-state index contributed by atoms with van der Waals surface area (Å²) >= 11 is 1.69. The summed E-state index contributed by atoms with van der Waals surface area (Å²) in [6.07, 6.45) is 9.56. The van der Waals surface area contributed by atoms with E-state index < -0.39 is 0 Å². The third-order valence-electron chi connectivity index (χ3n) is 5.40. The highest BCUT2D eigenvalue weighted by Crippen LogP contribution is 2.36. The van der Waals surface area contributed by atoms with E-state index >= 15 is 0 Å². The van der Waals surface area contributed by atoms with Crippen molar-refractivity contribution in [3.8, 4) is 11.5 Å². The number of methoxy groups -OCH3 is 1. The number of nitrogens with one attached hydrogen (secondary N) is 1. The van der Waals surface area contributed by atoms with Crippen molar-refractivity contribution in [3.63, 3.8) is 0 Å². The van der Waals surface area contributed by atoms with Gasteiger partial charge in [-0.1, -0.05) is 6.07 Å². The Kier molecular flexibility index (Phi) is 7.11. The topological polar surface area (TPSA) is 76.6 Å². The van der Waals surface area contributed by atoms with E-state index in [1.807, 2.05) is 30.5 Å². The lowest BCUT2D eigenvalue weighted by Crippen LogP contribution is -2.35. The number of thioether (sulfide) groups is 1. The van der Waals surface area contributed by atoms with Gasteiger partial charge in [-0.2, -0.15) is 0 Å². The Morgan fingerprint density at radius 2 is 2.00 bits per heavy atom. The predicted molar refractivity (Wildman–Crippen MR) is 128 cm³/mol. The molecule has 166 valence electrons. The number of piperidine rings is 1. The molecule has 8 heteroatoms. The molecule has 1 aliphatic heterocycles. The largest absolute Gasteiger partial charge is 0.493 e. The van der Waals surface area contributed by atoms with Gasteiger partial charge in [-0.05, 0) is 36.6 Å². The van der Waals surface area contributed by atoms with Crippen molar-refractivity contribution in [1.82, 2.24) is 14.9 Å². The summed E-state index contributed by atoms with van der Waals surface area (Å²) < 4.78 is 11.9. The number of hydrogen-bond donors (Lipinski definition) is 1. The molecular formula is C24H26N4O3S. The van der Waals surface area contributed by atoms with Crippen molar-refractivity contribution in [2.24, 2.45) is 0 Å². The van der Waals surface area contributed by atoms with Gasteiger partial charge < -0.3 is 19.7 Å². The molecule has 0 atom stereocenters. The molecule has 0 spiro atoms. The fraction of sp³-hybridized carbons (Fsp3) is 0.292. The van der Waals surface area contributed by atoms with Crippen LogP contribution in [0.15, 0.2) is 59.9 Å². The number of likely N-dealkylation sites (tertiary alicyclic amines) is 1. The van der Waals surface area contributed by atoms with Gasteiger partial charge in [0.15, 0.2) is 11.5 Å². The molecule has 2 heterocycles. The average Bonchev–Trinajstić information content (AvgIpc) is 2.83. The maximum atomic E-state index is 10.5. The maximum Gasteiger partial charge on any atom is 0.162 e. The number of aromatic nitrogens is 2. The number of rotatable bonds is 8. The van der Waals surface area contributed by atoms with Gasteiger partial charge in [0.2, 0.25) is 0 Å². The summed E-state index contributed by atoms with van der Waals surface area (Å²) in [7, 11) is 1.63. The zero-order chi connectivity index (χ0) is 22.3. The molecule has 0 aliphatic carbocycles. The fourth-order valence-corrected chi connectivity index (χ4v) is 4.19. The first-order valence-electron chi connectivity index (χ1n) is 10.5. The second kappa shape index (κ2) is 10.4. The Labute approximate surface area is 191 Å². The highest BCUT2D eigenvalue weighted by Gasteiger charge is 2.21. The first-order chi connectivity index (χ1) is 15.7. The Morgan fingerprint density at radius 1 is 1.16 bits per heavy atom. The Hall–Kier alpha value is -3.26. The van der Waals surface area contributed by atoms with E-state index in [0.29, 0.717) is 11.5 Å². The van der Waals surface area contributed by atoms with Crippen LogP contribution >= 0.6 is 11.8 Å². The van der Waals surface area contributed by atoms with Crippen LogP contribution in [0.4, 0.5) is 11.5 Å². The molecule has 4 rings (SSSR count). The second-order valence-corrected chi connectivity index (χ2v) is 8.31. The number of ether oxygens (including phenoxy) is 2. The quantitative estimate of drug-likeness (QED) is 0.302. The minimum absolute atomic E-state index is 0.0709. The number of carbonyl (C=O) groups is 1. The molecule has 2 aromatic carbocycles. The highest BCUT2D eigenvalue weighted by atomic mass is 32.2. The van der Waals surface area contributed by atoms with Crippen LogP contribution in [-0.4, -0.2) is 53.7 Å². The number of anilines is 2. The monoisotopic (exact) mass is 450 g/mol. The second-order valence-electron chi connectivity index (χ2n) is 7.43. The smallest absolute Gasteiger partial charge is 0.162 e. The number of allylic oxidation sites excluding steroid dienone is 1. The van der Waals surface area contributed by atoms with Gasteiger partial charge in [0.25, 0.3) is 0 Å². The molecule has 0 amide bonds. The van der Waals surface area contributed by atoms with Crippen molar-refractivity contribution < 1.29 is 14.3 Å². The molecule has 1 fully saturated rings. The number of nitrogens with zero attached hydrogens (tertiary/aromatic N) is 3. The van der Waals surface area contributed by atoms with E-state index in [1.54, 1.807) is 25.2 Å². The van der Waals surface area contributed by atoms with Gasteiger partial charge in [-0.15, -0.1) is 11.8 Å². The highest BCUT2D eigenvalue weighted by molar-refractivity contribution is 7.98. The lowest BCUT2D eigenvalue weighted by molar-refractivity contribution is -0.104. The van der Waals surface area contributed by atoms with Gasteiger partial charge in [0.05, 0.1) is 12.6 Å². The van der Waals surface area contributed by atoms with Gasteiger partial charge in [-0.25, -0.2) is 9.97 Å². The molecule has 1 saturated heterocycles. The van der Waals surface area contributed by atoms with Crippen molar-refractivity contribution in [3.05, 3.63) is 55.0 Å². The van der Waals surface area contributed by atoms with Crippen LogP contribution in [0, 0.1) is 0 Å². The molecule has 0 bridgehead atoms. The molecule has 7 nitrogen and oxygen atoms in total. The van der Waals surface area contributed by atoms with Gasteiger partial charge in [-0.3, -0.25) is 4.79 Å². The minimum atomic E-state index is 0.0709. The molecule has 3 aromatic rings. The van der Waals surface area contributed by atoms with Crippen LogP contribution in [0.3, 0.4) is 0 Å². The van der Waals surface area contributed by atoms with Crippen LogP contribution in [-0.2, 0) is 4.79 Å². The molecule has 0 saturated carbocycles. The Balaban J connectivity index is 1.58.